The number of halogens is 2. The molecule has 2 aromatic rings. The fourth-order valence-electron chi connectivity index (χ4n) is 1.82. The molecule has 0 saturated carbocycles. The second-order valence-electron chi connectivity index (χ2n) is 4.64. The van der Waals surface area contributed by atoms with Crippen molar-refractivity contribution in [2.45, 2.75) is 12.6 Å². The Kier molecular flexibility index (Phi) is 6.17. The number of hydrogen-bond acceptors (Lipinski definition) is 3. The Morgan fingerprint density at radius 2 is 1.95 bits per heavy atom. The monoisotopic (exact) mass is 353 g/mol. The van der Waals surface area contributed by atoms with Crippen molar-refractivity contribution >= 4 is 15.9 Å². The molecule has 21 heavy (non-hydrogen) atoms. The fourth-order valence-corrected chi connectivity index (χ4v) is 2.21. The average Bonchev–Trinajstić information content (AvgIpc) is 2.50. The number of aliphatic hydroxyl groups is 1. The van der Waals surface area contributed by atoms with Gasteiger partial charge in [0.05, 0.1) is 0 Å². The number of rotatable bonds is 7. The number of para-hydroxylation sites is 1. The quantitative estimate of drug-likeness (QED) is 0.803. The van der Waals surface area contributed by atoms with Gasteiger partial charge < -0.3 is 15.2 Å². The summed E-state index contributed by atoms with van der Waals surface area (Å²) in [4.78, 5) is 0. The highest BCUT2D eigenvalue weighted by molar-refractivity contribution is 9.10. The third-order valence-electron chi connectivity index (χ3n) is 2.89. The Balaban J connectivity index is 1.72. The lowest BCUT2D eigenvalue weighted by Gasteiger charge is -2.13. The number of nitrogens with one attached hydrogen (secondary N) is 1. The third kappa shape index (κ3) is 5.46. The molecule has 0 bridgehead atoms. The Morgan fingerprint density at radius 3 is 2.71 bits per heavy atom. The first-order valence-electron chi connectivity index (χ1n) is 6.65. The van der Waals surface area contributed by atoms with Crippen LogP contribution >= 0.6 is 15.9 Å². The largest absolute Gasteiger partial charge is 0.491 e. The predicted molar refractivity (Wildman–Crippen MR) is 83.8 cm³/mol. The summed E-state index contributed by atoms with van der Waals surface area (Å²) in [5, 5.41) is 12.9. The molecule has 0 aromatic heterocycles. The Bertz CT molecular complexity index is 565. The molecule has 2 N–H and O–H groups in total. The normalized spacial score (nSPS) is 12.1. The summed E-state index contributed by atoms with van der Waals surface area (Å²) >= 11 is 3.37. The van der Waals surface area contributed by atoms with Gasteiger partial charge in [0.15, 0.2) is 0 Å². The van der Waals surface area contributed by atoms with Gasteiger partial charge in [-0.3, -0.25) is 0 Å². The van der Waals surface area contributed by atoms with E-state index in [-0.39, 0.29) is 12.4 Å². The molecule has 0 aliphatic carbocycles. The van der Waals surface area contributed by atoms with Crippen molar-refractivity contribution in [1.29, 1.82) is 0 Å². The van der Waals surface area contributed by atoms with Gasteiger partial charge in [0.2, 0.25) is 0 Å². The third-order valence-corrected chi connectivity index (χ3v) is 3.66. The summed E-state index contributed by atoms with van der Waals surface area (Å²) in [6, 6.07) is 13.9. The van der Waals surface area contributed by atoms with Crippen molar-refractivity contribution in [2.24, 2.45) is 0 Å². The lowest BCUT2D eigenvalue weighted by atomic mass is 10.2. The second-order valence-corrected chi connectivity index (χ2v) is 5.50. The van der Waals surface area contributed by atoms with Crippen LogP contribution in [0.3, 0.4) is 0 Å². The second kappa shape index (κ2) is 8.12. The summed E-state index contributed by atoms with van der Waals surface area (Å²) in [5.74, 6) is 0.451. The molecule has 0 aliphatic heterocycles. The van der Waals surface area contributed by atoms with Crippen LogP contribution in [0.25, 0.3) is 0 Å². The molecular weight excluding hydrogens is 337 g/mol. The van der Waals surface area contributed by atoms with Gasteiger partial charge in [-0.2, -0.15) is 0 Å². The Morgan fingerprint density at radius 1 is 1.19 bits per heavy atom. The van der Waals surface area contributed by atoms with Crippen molar-refractivity contribution in [1.82, 2.24) is 5.32 Å². The zero-order chi connectivity index (χ0) is 15.1. The van der Waals surface area contributed by atoms with Gasteiger partial charge in [0.1, 0.15) is 24.3 Å². The van der Waals surface area contributed by atoms with E-state index < -0.39 is 6.10 Å². The first kappa shape index (κ1) is 15.9. The van der Waals surface area contributed by atoms with Crippen LogP contribution in [0.1, 0.15) is 5.56 Å². The van der Waals surface area contributed by atoms with Crippen LogP contribution in [0.2, 0.25) is 0 Å². The number of ether oxygens (including phenoxy) is 1. The molecule has 0 spiro atoms. The van der Waals surface area contributed by atoms with E-state index in [4.69, 9.17) is 4.74 Å². The number of benzene rings is 2. The highest BCUT2D eigenvalue weighted by Gasteiger charge is 2.06. The van der Waals surface area contributed by atoms with E-state index in [1.807, 2.05) is 30.3 Å². The first-order chi connectivity index (χ1) is 10.1. The van der Waals surface area contributed by atoms with Crippen LogP contribution < -0.4 is 10.1 Å². The Labute approximate surface area is 131 Å². The molecule has 0 saturated heterocycles. The minimum atomic E-state index is -0.627. The molecule has 2 aromatic carbocycles. The lowest BCUT2D eigenvalue weighted by molar-refractivity contribution is 0.106. The topological polar surface area (TPSA) is 41.5 Å². The molecule has 1 unspecified atom stereocenters. The van der Waals surface area contributed by atoms with Crippen LogP contribution in [0.5, 0.6) is 5.75 Å². The summed E-state index contributed by atoms with van der Waals surface area (Å²) in [5.41, 5.74) is 0.811. The molecule has 5 heteroatoms. The van der Waals surface area contributed by atoms with Crippen LogP contribution in [-0.4, -0.2) is 24.4 Å². The molecule has 0 heterocycles. The molecule has 0 radical (unpaired) electrons. The highest BCUT2D eigenvalue weighted by atomic mass is 79.9. The zero-order valence-electron chi connectivity index (χ0n) is 11.4. The molecule has 0 amide bonds. The van der Waals surface area contributed by atoms with E-state index >= 15 is 0 Å². The van der Waals surface area contributed by atoms with Gasteiger partial charge in [-0.1, -0.05) is 34.1 Å². The van der Waals surface area contributed by atoms with Crippen LogP contribution in [-0.2, 0) is 6.54 Å². The number of aliphatic hydroxyl groups excluding tert-OH is 1. The molecular formula is C16H17BrFNO2. The standard InChI is InChI=1S/C16H17BrFNO2/c17-16-7-6-13(18)8-12(16)9-19-10-14(20)11-21-15-4-2-1-3-5-15/h1-8,14,19-20H,9-11H2. The van der Waals surface area contributed by atoms with Gasteiger partial charge in [-0.25, -0.2) is 4.39 Å². The van der Waals surface area contributed by atoms with E-state index in [0.717, 1.165) is 15.8 Å². The van der Waals surface area contributed by atoms with Gasteiger partial charge in [-0.05, 0) is 35.9 Å². The summed E-state index contributed by atoms with van der Waals surface area (Å²) in [7, 11) is 0. The van der Waals surface area contributed by atoms with Gasteiger partial charge in [0.25, 0.3) is 0 Å². The average molecular weight is 354 g/mol. The van der Waals surface area contributed by atoms with E-state index in [9.17, 15) is 9.50 Å². The van der Waals surface area contributed by atoms with Crippen LogP contribution in [0.4, 0.5) is 4.39 Å². The minimum Gasteiger partial charge on any atom is -0.491 e. The van der Waals surface area contributed by atoms with Crippen molar-refractivity contribution in [3.05, 3.63) is 64.4 Å². The summed E-state index contributed by atoms with van der Waals surface area (Å²) in [6.07, 6.45) is -0.627. The summed E-state index contributed by atoms with van der Waals surface area (Å²) < 4.78 is 19.4. The van der Waals surface area contributed by atoms with E-state index in [2.05, 4.69) is 21.2 Å². The van der Waals surface area contributed by atoms with Crippen LogP contribution in [0.15, 0.2) is 53.0 Å². The smallest absolute Gasteiger partial charge is 0.123 e. The molecule has 0 fully saturated rings. The molecule has 1 atom stereocenters. The fraction of sp³-hybridized carbons (Fsp3) is 0.250. The predicted octanol–water partition coefficient (Wildman–Crippen LogP) is 3.12. The minimum absolute atomic E-state index is 0.210. The first-order valence-corrected chi connectivity index (χ1v) is 7.45. The maximum absolute atomic E-state index is 13.1. The van der Waals surface area contributed by atoms with Crippen molar-refractivity contribution < 1.29 is 14.2 Å². The molecule has 3 nitrogen and oxygen atoms in total. The SMILES string of the molecule is OC(CNCc1cc(F)ccc1Br)COc1ccccc1. The van der Waals surface area contributed by atoms with Crippen LogP contribution in [0, 0.1) is 5.82 Å². The van der Waals surface area contributed by atoms with Crippen molar-refractivity contribution in [3.8, 4) is 5.75 Å². The Hall–Kier alpha value is -1.43. The van der Waals surface area contributed by atoms with Crippen molar-refractivity contribution in [3.63, 3.8) is 0 Å². The van der Waals surface area contributed by atoms with E-state index in [0.29, 0.717) is 13.1 Å². The van der Waals surface area contributed by atoms with Crippen molar-refractivity contribution in [2.75, 3.05) is 13.2 Å². The van der Waals surface area contributed by atoms with Gasteiger partial charge >= 0.3 is 0 Å². The molecule has 112 valence electrons. The zero-order valence-corrected chi connectivity index (χ0v) is 13.0. The maximum atomic E-state index is 13.1. The maximum Gasteiger partial charge on any atom is 0.123 e. The summed E-state index contributed by atoms with van der Waals surface area (Å²) in [6.45, 7) is 1.05. The lowest BCUT2D eigenvalue weighted by Crippen LogP contribution is -2.31. The van der Waals surface area contributed by atoms with E-state index in [1.165, 1.54) is 12.1 Å². The van der Waals surface area contributed by atoms with Gasteiger partial charge in [-0.15, -0.1) is 0 Å². The highest BCUT2D eigenvalue weighted by Crippen LogP contribution is 2.17. The van der Waals surface area contributed by atoms with Gasteiger partial charge in [0, 0.05) is 17.6 Å². The van der Waals surface area contributed by atoms with E-state index in [1.54, 1.807) is 6.07 Å². The molecule has 0 aliphatic rings. The number of hydrogen-bond donors (Lipinski definition) is 2. The molecule has 2 rings (SSSR count).